The van der Waals surface area contributed by atoms with Crippen LogP contribution in [-0.2, 0) is 0 Å². The van der Waals surface area contributed by atoms with Gasteiger partial charge in [-0.15, -0.1) is 0 Å². The third-order valence-corrected chi connectivity index (χ3v) is 3.07. The summed E-state index contributed by atoms with van der Waals surface area (Å²) in [7, 11) is 0. The Kier molecular flexibility index (Phi) is 3.81. The van der Waals surface area contributed by atoms with Gasteiger partial charge in [-0.05, 0) is 49.5 Å². The zero-order chi connectivity index (χ0) is 10.5. The van der Waals surface area contributed by atoms with Crippen molar-refractivity contribution in [2.75, 3.05) is 13.1 Å². The van der Waals surface area contributed by atoms with Gasteiger partial charge in [0.25, 0.3) is 0 Å². The van der Waals surface area contributed by atoms with Crippen molar-refractivity contribution in [3.63, 3.8) is 0 Å². The summed E-state index contributed by atoms with van der Waals surface area (Å²) in [5.41, 5.74) is 1.23. The smallest absolute Gasteiger partial charge is 0.0406 e. The fraction of sp³-hybridized carbons (Fsp3) is 0.385. The average molecular weight is 222 g/mol. The standard InChI is InChI=1S/C13H16ClN/c14-13-5-3-11(4-6-13)1-2-12-7-9-15-10-8-12/h1-6,12,15H,7-10H2. The Bertz CT molecular complexity index is 323. The maximum Gasteiger partial charge on any atom is 0.0406 e. The first-order valence-corrected chi connectivity index (χ1v) is 5.87. The van der Waals surface area contributed by atoms with Crippen LogP contribution in [0.2, 0.25) is 5.02 Å². The second kappa shape index (κ2) is 5.34. The molecule has 1 fully saturated rings. The molecular weight excluding hydrogens is 206 g/mol. The lowest BCUT2D eigenvalue weighted by Crippen LogP contribution is -2.26. The number of nitrogens with one attached hydrogen (secondary N) is 1. The van der Waals surface area contributed by atoms with Gasteiger partial charge in [0.05, 0.1) is 0 Å². The summed E-state index contributed by atoms with van der Waals surface area (Å²) in [6, 6.07) is 7.98. The summed E-state index contributed by atoms with van der Waals surface area (Å²) >= 11 is 5.83. The molecule has 0 saturated carbocycles. The summed E-state index contributed by atoms with van der Waals surface area (Å²) in [5, 5.41) is 4.17. The Morgan fingerprint density at radius 3 is 2.47 bits per heavy atom. The van der Waals surface area contributed by atoms with E-state index in [-0.39, 0.29) is 0 Å². The molecule has 1 aliphatic heterocycles. The molecule has 2 rings (SSSR count). The van der Waals surface area contributed by atoms with Gasteiger partial charge in [-0.1, -0.05) is 35.9 Å². The average Bonchev–Trinajstić information content (AvgIpc) is 2.30. The fourth-order valence-electron chi connectivity index (χ4n) is 1.86. The lowest BCUT2D eigenvalue weighted by molar-refractivity contribution is 0.438. The number of halogens is 1. The largest absolute Gasteiger partial charge is 0.317 e. The fourth-order valence-corrected chi connectivity index (χ4v) is 1.98. The molecule has 1 saturated heterocycles. The molecule has 1 heterocycles. The van der Waals surface area contributed by atoms with Crippen molar-refractivity contribution >= 4 is 17.7 Å². The molecule has 0 radical (unpaired) electrons. The van der Waals surface area contributed by atoms with Gasteiger partial charge >= 0.3 is 0 Å². The van der Waals surface area contributed by atoms with Crippen molar-refractivity contribution in [3.8, 4) is 0 Å². The molecule has 0 spiro atoms. The van der Waals surface area contributed by atoms with Gasteiger partial charge in [0.15, 0.2) is 0 Å². The van der Waals surface area contributed by atoms with E-state index in [0.29, 0.717) is 0 Å². The predicted molar refractivity (Wildman–Crippen MR) is 66.1 cm³/mol. The van der Waals surface area contributed by atoms with Crippen molar-refractivity contribution < 1.29 is 0 Å². The minimum atomic E-state index is 0.738. The maximum atomic E-state index is 5.83. The third-order valence-electron chi connectivity index (χ3n) is 2.81. The quantitative estimate of drug-likeness (QED) is 0.808. The first-order valence-electron chi connectivity index (χ1n) is 5.49. The number of piperidine rings is 1. The maximum absolute atomic E-state index is 5.83. The topological polar surface area (TPSA) is 12.0 Å². The monoisotopic (exact) mass is 221 g/mol. The molecule has 2 heteroatoms. The van der Waals surface area contributed by atoms with Crippen LogP contribution in [-0.4, -0.2) is 13.1 Å². The zero-order valence-corrected chi connectivity index (χ0v) is 9.50. The molecule has 15 heavy (non-hydrogen) atoms. The first kappa shape index (κ1) is 10.7. The highest BCUT2D eigenvalue weighted by Crippen LogP contribution is 2.16. The van der Waals surface area contributed by atoms with Crippen molar-refractivity contribution in [2.45, 2.75) is 12.8 Å². The van der Waals surface area contributed by atoms with Crippen LogP contribution in [0.1, 0.15) is 18.4 Å². The summed E-state index contributed by atoms with van der Waals surface area (Å²) in [6.07, 6.45) is 7.03. The van der Waals surface area contributed by atoms with Gasteiger partial charge < -0.3 is 5.32 Å². The lowest BCUT2D eigenvalue weighted by atomic mass is 9.97. The van der Waals surface area contributed by atoms with Crippen LogP contribution < -0.4 is 5.32 Å². The van der Waals surface area contributed by atoms with Gasteiger partial charge in [0.2, 0.25) is 0 Å². The van der Waals surface area contributed by atoms with Crippen LogP contribution >= 0.6 is 11.6 Å². The van der Waals surface area contributed by atoms with E-state index in [9.17, 15) is 0 Å². The molecule has 1 aromatic carbocycles. The van der Waals surface area contributed by atoms with Crippen molar-refractivity contribution in [3.05, 3.63) is 40.9 Å². The molecule has 0 aliphatic carbocycles. The van der Waals surface area contributed by atoms with Crippen LogP contribution in [0.15, 0.2) is 30.3 Å². The van der Waals surface area contributed by atoms with E-state index in [1.807, 2.05) is 12.1 Å². The van der Waals surface area contributed by atoms with Crippen LogP contribution in [0.25, 0.3) is 6.08 Å². The van der Waals surface area contributed by atoms with Crippen molar-refractivity contribution in [1.29, 1.82) is 0 Å². The normalized spacial score (nSPS) is 18.5. The molecule has 1 aliphatic rings. The minimum absolute atomic E-state index is 0.738. The molecule has 0 aromatic heterocycles. The number of benzene rings is 1. The molecule has 1 nitrogen and oxygen atoms in total. The van der Waals surface area contributed by atoms with Gasteiger partial charge in [0, 0.05) is 5.02 Å². The molecule has 1 N–H and O–H groups in total. The van der Waals surface area contributed by atoms with E-state index < -0.39 is 0 Å². The molecule has 0 atom stereocenters. The lowest BCUT2D eigenvalue weighted by Gasteiger charge is -2.19. The second-order valence-electron chi connectivity index (χ2n) is 4.00. The van der Waals surface area contributed by atoms with E-state index in [4.69, 9.17) is 11.6 Å². The second-order valence-corrected chi connectivity index (χ2v) is 4.43. The van der Waals surface area contributed by atoms with Crippen LogP contribution in [0, 0.1) is 5.92 Å². The van der Waals surface area contributed by atoms with E-state index in [1.165, 1.54) is 18.4 Å². The Morgan fingerprint density at radius 1 is 1.13 bits per heavy atom. The third kappa shape index (κ3) is 3.37. The molecular formula is C13H16ClN. The highest BCUT2D eigenvalue weighted by molar-refractivity contribution is 6.30. The van der Waals surface area contributed by atoms with Gasteiger partial charge in [0.1, 0.15) is 0 Å². The van der Waals surface area contributed by atoms with Gasteiger partial charge in [-0.3, -0.25) is 0 Å². The Balaban J connectivity index is 1.95. The summed E-state index contributed by atoms with van der Waals surface area (Å²) < 4.78 is 0. The van der Waals surface area contributed by atoms with Crippen LogP contribution in [0.4, 0.5) is 0 Å². The van der Waals surface area contributed by atoms with E-state index >= 15 is 0 Å². The van der Waals surface area contributed by atoms with Crippen LogP contribution in [0.5, 0.6) is 0 Å². The molecule has 1 aromatic rings. The Morgan fingerprint density at radius 2 is 1.80 bits per heavy atom. The highest BCUT2D eigenvalue weighted by Gasteiger charge is 2.08. The van der Waals surface area contributed by atoms with E-state index in [2.05, 4.69) is 29.6 Å². The predicted octanol–water partition coefficient (Wildman–Crippen LogP) is 3.35. The van der Waals surface area contributed by atoms with Crippen LogP contribution in [0.3, 0.4) is 0 Å². The summed E-state index contributed by atoms with van der Waals surface area (Å²) in [6.45, 7) is 2.30. The van der Waals surface area contributed by atoms with E-state index in [0.717, 1.165) is 24.0 Å². The number of allylic oxidation sites excluding steroid dienone is 1. The van der Waals surface area contributed by atoms with Gasteiger partial charge in [-0.25, -0.2) is 0 Å². The first-order chi connectivity index (χ1) is 7.34. The minimum Gasteiger partial charge on any atom is -0.317 e. The number of hydrogen-bond donors (Lipinski definition) is 1. The number of hydrogen-bond acceptors (Lipinski definition) is 1. The molecule has 0 amide bonds. The van der Waals surface area contributed by atoms with Crippen molar-refractivity contribution in [2.24, 2.45) is 5.92 Å². The Labute approximate surface area is 96.1 Å². The molecule has 80 valence electrons. The SMILES string of the molecule is Clc1ccc(C=CC2CCNCC2)cc1. The molecule has 0 bridgehead atoms. The van der Waals surface area contributed by atoms with Crippen molar-refractivity contribution in [1.82, 2.24) is 5.32 Å². The van der Waals surface area contributed by atoms with Gasteiger partial charge in [-0.2, -0.15) is 0 Å². The molecule has 0 unspecified atom stereocenters. The number of rotatable bonds is 2. The summed E-state index contributed by atoms with van der Waals surface area (Å²) in [5.74, 6) is 0.738. The highest BCUT2D eigenvalue weighted by atomic mass is 35.5. The zero-order valence-electron chi connectivity index (χ0n) is 8.75. The van der Waals surface area contributed by atoms with E-state index in [1.54, 1.807) is 0 Å². The Hall–Kier alpha value is -0.790. The summed E-state index contributed by atoms with van der Waals surface area (Å²) in [4.78, 5) is 0.